The van der Waals surface area contributed by atoms with E-state index in [-0.39, 0.29) is 17.5 Å². The molecule has 0 radical (unpaired) electrons. The first-order chi connectivity index (χ1) is 9.02. The summed E-state index contributed by atoms with van der Waals surface area (Å²) < 4.78 is 4.96. The highest BCUT2D eigenvalue weighted by molar-refractivity contribution is 7.09. The van der Waals surface area contributed by atoms with Crippen molar-refractivity contribution in [2.75, 3.05) is 20.3 Å². The van der Waals surface area contributed by atoms with Crippen LogP contribution in [0.2, 0.25) is 0 Å². The number of nitrogens with one attached hydrogen (secondary N) is 1. The van der Waals surface area contributed by atoms with E-state index < -0.39 is 5.97 Å². The number of aromatic carboxylic acids is 1. The Morgan fingerprint density at radius 3 is 2.89 bits per heavy atom. The number of thiazole rings is 1. The second kappa shape index (κ2) is 7.85. The Labute approximate surface area is 115 Å². The fourth-order valence-electron chi connectivity index (χ4n) is 1.56. The summed E-state index contributed by atoms with van der Waals surface area (Å²) in [4.78, 5) is 26.1. The minimum atomic E-state index is -1.03. The number of nitrogens with zero attached hydrogens (tertiary/aromatic N) is 1. The van der Waals surface area contributed by atoms with Crippen molar-refractivity contribution in [2.24, 2.45) is 5.92 Å². The van der Waals surface area contributed by atoms with E-state index in [0.29, 0.717) is 31.0 Å². The Morgan fingerprint density at radius 2 is 2.32 bits per heavy atom. The van der Waals surface area contributed by atoms with Crippen LogP contribution in [0.4, 0.5) is 0 Å². The van der Waals surface area contributed by atoms with E-state index in [1.54, 1.807) is 7.11 Å². The van der Waals surface area contributed by atoms with Crippen molar-refractivity contribution in [3.63, 3.8) is 0 Å². The summed E-state index contributed by atoms with van der Waals surface area (Å²) in [6.07, 6.45) is 0.967. The van der Waals surface area contributed by atoms with E-state index in [2.05, 4.69) is 10.3 Å². The molecule has 1 rings (SSSR count). The molecule has 1 heterocycles. The van der Waals surface area contributed by atoms with Gasteiger partial charge in [-0.2, -0.15) is 0 Å². The van der Waals surface area contributed by atoms with Crippen LogP contribution in [-0.2, 0) is 16.0 Å². The van der Waals surface area contributed by atoms with Gasteiger partial charge in [0.2, 0.25) is 5.91 Å². The zero-order chi connectivity index (χ0) is 14.3. The van der Waals surface area contributed by atoms with Gasteiger partial charge in [-0.15, -0.1) is 11.3 Å². The quantitative estimate of drug-likeness (QED) is 0.749. The van der Waals surface area contributed by atoms with Gasteiger partial charge in [0.05, 0.1) is 5.01 Å². The maximum Gasteiger partial charge on any atom is 0.355 e. The minimum absolute atomic E-state index is 0.0282. The lowest BCUT2D eigenvalue weighted by atomic mass is 10.1. The van der Waals surface area contributed by atoms with E-state index in [1.807, 2.05) is 6.92 Å². The zero-order valence-electron chi connectivity index (χ0n) is 11.0. The van der Waals surface area contributed by atoms with Crippen LogP contribution >= 0.6 is 11.3 Å². The molecule has 0 aliphatic rings. The molecule has 0 fully saturated rings. The van der Waals surface area contributed by atoms with E-state index in [1.165, 1.54) is 16.7 Å². The van der Waals surface area contributed by atoms with Gasteiger partial charge in [0.15, 0.2) is 5.69 Å². The van der Waals surface area contributed by atoms with Crippen molar-refractivity contribution in [3.05, 3.63) is 16.1 Å². The fourth-order valence-corrected chi connectivity index (χ4v) is 2.34. The van der Waals surface area contributed by atoms with Crippen molar-refractivity contribution in [1.29, 1.82) is 0 Å². The summed E-state index contributed by atoms with van der Waals surface area (Å²) in [5.74, 6) is -0.872. The fraction of sp³-hybridized carbons (Fsp3) is 0.583. The number of carbonyl (C=O) groups excluding carboxylic acids is 1. The van der Waals surface area contributed by atoms with E-state index in [0.717, 1.165) is 0 Å². The molecule has 0 aromatic carbocycles. The molecule has 0 aliphatic carbocycles. The molecule has 106 valence electrons. The van der Waals surface area contributed by atoms with Gasteiger partial charge >= 0.3 is 5.97 Å². The van der Waals surface area contributed by atoms with Crippen molar-refractivity contribution in [1.82, 2.24) is 10.3 Å². The number of aromatic nitrogens is 1. The molecule has 6 nitrogen and oxygen atoms in total. The first-order valence-corrected chi connectivity index (χ1v) is 6.84. The predicted octanol–water partition coefficient (Wildman–Crippen LogP) is 1.17. The van der Waals surface area contributed by atoms with E-state index in [4.69, 9.17) is 9.84 Å². The maximum atomic E-state index is 11.6. The highest BCUT2D eigenvalue weighted by atomic mass is 32.1. The predicted molar refractivity (Wildman–Crippen MR) is 71.4 cm³/mol. The number of hydrogen-bond donors (Lipinski definition) is 2. The molecule has 7 heteroatoms. The lowest BCUT2D eigenvalue weighted by Crippen LogP contribution is -2.27. The maximum absolute atomic E-state index is 11.6. The van der Waals surface area contributed by atoms with Crippen molar-refractivity contribution in [3.8, 4) is 0 Å². The van der Waals surface area contributed by atoms with E-state index >= 15 is 0 Å². The Kier molecular flexibility index (Phi) is 6.44. The van der Waals surface area contributed by atoms with Crippen LogP contribution < -0.4 is 5.32 Å². The molecule has 0 spiro atoms. The number of amides is 1. The van der Waals surface area contributed by atoms with Crippen LogP contribution in [0.1, 0.15) is 28.8 Å². The standard InChI is InChI=1S/C12H18N2O4S/c1-8(6-18-2)5-10(15)13-4-3-11-14-9(7-19-11)12(16)17/h7-8H,3-6H2,1-2H3,(H,13,15)(H,16,17). The molecular weight excluding hydrogens is 268 g/mol. The summed E-state index contributed by atoms with van der Waals surface area (Å²) >= 11 is 1.29. The van der Waals surface area contributed by atoms with Crippen LogP contribution in [-0.4, -0.2) is 42.2 Å². The molecule has 2 N–H and O–H groups in total. The smallest absolute Gasteiger partial charge is 0.355 e. The Morgan fingerprint density at radius 1 is 1.58 bits per heavy atom. The third-order valence-corrected chi connectivity index (χ3v) is 3.33. The summed E-state index contributed by atoms with van der Waals surface area (Å²) in [7, 11) is 1.61. The van der Waals surface area contributed by atoms with E-state index in [9.17, 15) is 9.59 Å². The van der Waals surface area contributed by atoms with Crippen LogP contribution in [0, 0.1) is 5.92 Å². The third kappa shape index (κ3) is 5.80. The SMILES string of the molecule is COCC(C)CC(=O)NCCc1nc(C(=O)O)cs1. The third-order valence-electron chi connectivity index (χ3n) is 2.42. The van der Waals surface area contributed by atoms with Crippen LogP contribution in [0.25, 0.3) is 0 Å². The Bertz CT molecular complexity index is 433. The van der Waals surface area contributed by atoms with Gasteiger partial charge in [0.25, 0.3) is 0 Å². The second-order valence-electron chi connectivity index (χ2n) is 4.30. The largest absolute Gasteiger partial charge is 0.476 e. The molecule has 1 aromatic heterocycles. The van der Waals surface area contributed by atoms with Gasteiger partial charge in [0, 0.05) is 38.5 Å². The molecule has 0 bridgehead atoms. The van der Waals surface area contributed by atoms with Gasteiger partial charge in [0.1, 0.15) is 0 Å². The Balaban J connectivity index is 2.25. The first-order valence-electron chi connectivity index (χ1n) is 5.96. The summed E-state index contributed by atoms with van der Waals surface area (Å²) in [5.41, 5.74) is 0.0556. The summed E-state index contributed by atoms with van der Waals surface area (Å²) in [5, 5.41) is 13.7. The monoisotopic (exact) mass is 286 g/mol. The van der Waals surface area contributed by atoms with Crippen LogP contribution in [0.3, 0.4) is 0 Å². The molecule has 1 atom stereocenters. The van der Waals surface area contributed by atoms with Gasteiger partial charge in [-0.05, 0) is 5.92 Å². The average molecular weight is 286 g/mol. The van der Waals surface area contributed by atoms with Crippen molar-refractivity contribution < 1.29 is 19.4 Å². The van der Waals surface area contributed by atoms with Crippen LogP contribution in [0.5, 0.6) is 0 Å². The number of carboxylic acid groups (broad SMARTS) is 1. The molecular formula is C12H18N2O4S. The molecule has 1 amide bonds. The highest BCUT2D eigenvalue weighted by Gasteiger charge is 2.10. The molecule has 0 saturated carbocycles. The topological polar surface area (TPSA) is 88.5 Å². The minimum Gasteiger partial charge on any atom is -0.476 e. The van der Waals surface area contributed by atoms with Gasteiger partial charge in [-0.1, -0.05) is 6.92 Å². The molecule has 0 aliphatic heterocycles. The lowest BCUT2D eigenvalue weighted by Gasteiger charge is -2.09. The lowest BCUT2D eigenvalue weighted by molar-refractivity contribution is -0.122. The highest BCUT2D eigenvalue weighted by Crippen LogP contribution is 2.10. The number of ether oxygens (including phenoxy) is 1. The summed E-state index contributed by atoms with van der Waals surface area (Å²) in [6.45, 7) is 2.97. The second-order valence-corrected chi connectivity index (χ2v) is 5.24. The number of methoxy groups -OCH3 is 1. The first kappa shape index (κ1) is 15.6. The van der Waals surface area contributed by atoms with Gasteiger partial charge in [-0.25, -0.2) is 9.78 Å². The van der Waals surface area contributed by atoms with Crippen molar-refractivity contribution in [2.45, 2.75) is 19.8 Å². The zero-order valence-corrected chi connectivity index (χ0v) is 11.8. The molecule has 1 aromatic rings. The Hall–Kier alpha value is -1.47. The summed E-state index contributed by atoms with van der Waals surface area (Å²) in [6, 6.07) is 0. The normalized spacial score (nSPS) is 12.1. The molecule has 0 saturated heterocycles. The van der Waals surface area contributed by atoms with Gasteiger partial charge < -0.3 is 15.2 Å². The molecule has 1 unspecified atom stereocenters. The number of carbonyl (C=O) groups is 2. The van der Waals surface area contributed by atoms with Gasteiger partial charge in [-0.3, -0.25) is 4.79 Å². The number of rotatable bonds is 8. The number of hydrogen-bond acceptors (Lipinski definition) is 5. The van der Waals surface area contributed by atoms with Crippen molar-refractivity contribution >= 4 is 23.2 Å². The molecule has 19 heavy (non-hydrogen) atoms. The number of carboxylic acids is 1. The average Bonchev–Trinajstić information content (AvgIpc) is 2.78. The van der Waals surface area contributed by atoms with Crippen LogP contribution in [0.15, 0.2) is 5.38 Å².